The molecule has 3 aromatic rings. The zero-order chi connectivity index (χ0) is 18.5. The van der Waals surface area contributed by atoms with Gasteiger partial charge in [0.1, 0.15) is 0 Å². The van der Waals surface area contributed by atoms with Gasteiger partial charge in [0.15, 0.2) is 0 Å². The van der Waals surface area contributed by atoms with Crippen molar-refractivity contribution in [1.29, 1.82) is 0 Å². The van der Waals surface area contributed by atoms with E-state index in [1.165, 1.54) is 16.7 Å². The average molecular weight is 356 g/mol. The van der Waals surface area contributed by atoms with Crippen LogP contribution in [0.25, 0.3) is 0 Å². The lowest BCUT2D eigenvalue weighted by molar-refractivity contribution is 0.288. The summed E-state index contributed by atoms with van der Waals surface area (Å²) in [4.78, 5) is 0. The van der Waals surface area contributed by atoms with Gasteiger partial charge in [-0.05, 0) is 23.1 Å². The van der Waals surface area contributed by atoms with Crippen LogP contribution in [0.15, 0.2) is 96.2 Å². The number of rotatable bonds is 4. The highest BCUT2D eigenvalue weighted by Gasteiger charge is 2.36. The van der Waals surface area contributed by atoms with Gasteiger partial charge < -0.3 is 10.5 Å². The summed E-state index contributed by atoms with van der Waals surface area (Å²) in [7, 11) is 0. The van der Waals surface area contributed by atoms with E-state index in [0.717, 1.165) is 12.1 Å². The molecule has 136 valence electrons. The van der Waals surface area contributed by atoms with Gasteiger partial charge in [-0.2, -0.15) is 0 Å². The van der Waals surface area contributed by atoms with E-state index < -0.39 is 0 Å². The number of benzene rings is 3. The fraction of sp³-hybridized carbons (Fsp3) is 0.208. The van der Waals surface area contributed by atoms with Crippen LogP contribution in [0.5, 0.6) is 0 Å². The van der Waals surface area contributed by atoms with Gasteiger partial charge in [0.05, 0.1) is 5.71 Å². The molecule has 0 saturated carbocycles. The number of piperidine rings is 1. The molecule has 1 saturated heterocycles. The lowest BCUT2D eigenvalue weighted by Crippen LogP contribution is -2.43. The third-order valence-electron chi connectivity index (χ3n) is 5.41. The minimum Gasteiger partial charge on any atom is -0.411 e. The second-order valence-corrected chi connectivity index (χ2v) is 7.11. The maximum Gasteiger partial charge on any atom is 0.0642 e. The summed E-state index contributed by atoms with van der Waals surface area (Å²) in [6.07, 6.45) is 1.55. The van der Waals surface area contributed by atoms with Gasteiger partial charge in [0, 0.05) is 24.4 Å². The summed E-state index contributed by atoms with van der Waals surface area (Å²) < 4.78 is 0. The molecule has 0 aromatic heterocycles. The highest BCUT2D eigenvalue weighted by atomic mass is 16.4. The Kier molecular flexibility index (Phi) is 5.31. The summed E-state index contributed by atoms with van der Waals surface area (Å²) in [5.41, 5.74) is 4.56. The largest absolute Gasteiger partial charge is 0.411 e. The van der Waals surface area contributed by atoms with Crippen LogP contribution in [-0.2, 0) is 6.42 Å². The molecule has 1 aliphatic heterocycles. The zero-order valence-corrected chi connectivity index (χ0v) is 15.2. The Labute approximate surface area is 160 Å². The second-order valence-electron chi connectivity index (χ2n) is 7.11. The molecular formula is C24H24N2O. The quantitative estimate of drug-likeness (QED) is 0.501. The Morgan fingerprint density at radius 2 is 1.33 bits per heavy atom. The van der Waals surface area contributed by atoms with Gasteiger partial charge in [-0.15, -0.1) is 0 Å². The number of nitrogens with zero attached hydrogens (tertiary/aromatic N) is 1. The number of hydrogen-bond acceptors (Lipinski definition) is 3. The Morgan fingerprint density at radius 3 is 1.93 bits per heavy atom. The molecule has 0 spiro atoms. The molecule has 27 heavy (non-hydrogen) atoms. The molecule has 0 aliphatic carbocycles. The summed E-state index contributed by atoms with van der Waals surface area (Å²) in [6, 6.07) is 31.5. The third-order valence-corrected chi connectivity index (χ3v) is 5.41. The predicted octanol–water partition coefficient (Wildman–Crippen LogP) is 5.15. The molecule has 3 aromatic carbocycles. The molecule has 0 bridgehead atoms. The smallest absolute Gasteiger partial charge is 0.0642 e. The van der Waals surface area contributed by atoms with Crippen LogP contribution >= 0.6 is 0 Å². The standard InChI is InChI=1S/C24H24N2O/c27-26-23-17-22(19-12-6-2-7-13-19)25-24(20-14-8-3-9-15-20)21(23)16-18-10-4-1-5-11-18/h1-15,21-22,24-25,27H,16-17H2/b26-23+. The van der Waals surface area contributed by atoms with Gasteiger partial charge in [-0.1, -0.05) is 96.2 Å². The van der Waals surface area contributed by atoms with Crippen molar-refractivity contribution in [2.45, 2.75) is 24.9 Å². The van der Waals surface area contributed by atoms with Crippen molar-refractivity contribution in [3.8, 4) is 0 Å². The fourth-order valence-electron chi connectivity index (χ4n) is 4.05. The Bertz CT molecular complexity index is 878. The highest BCUT2D eigenvalue weighted by Crippen LogP contribution is 2.37. The van der Waals surface area contributed by atoms with Gasteiger partial charge in [-0.3, -0.25) is 0 Å². The molecule has 3 unspecified atom stereocenters. The first-order chi connectivity index (χ1) is 13.3. The lowest BCUT2D eigenvalue weighted by Gasteiger charge is -2.39. The van der Waals surface area contributed by atoms with E-state index in [9.17, 15) is 5.21 Å². The molecular weight excluding hydrogens is 332 g/mol. The van der Waals surface area contributed by atoms with Crippen LogP contribution in [0, 0.1) is 5.92 Å². The van der Waals surface area contributed by atoms with Crippen LogP contribution in [-0.4, -0.2) is 10.9 Å². The molecule has 3 nitrogen and oxygen atoms in total. The maximum atomic E-state index is 9.83. The minimum absolute atomic E-state index is 0.0938. The first-order valence-corrected chi connectivity index (χ1v) is 9.46. The Morgan fingerprint density at radius 1 is 0.778 bits per heavy atom. The molecule has 2 N–H and O–H groups in total. The molecule has 0 amide bonds. The highest BCUT2D eigenvalue weighted by molar-refractivity contribution is 5.89. The van der Waals surface area contributed by atoms with E-state index >= 15 is 0 Å². The molecule has 3 heteroatoms. The van der Waals surface area contributed by atoms with Crippen LogP contribution in [0.4, 0.5) is 0 Å². The van der Waals surface area contributed by atoms with Gasteiger partial charge in [0.25, 0.3) is 0 Å². The molecule has 4 rings (SSSR count). The van der Waals surface area contributed by atoms with Gasteiger partial charge >= 0.3 is 0 Å². The second kappa shape index (κ2) is 8.19. The molecule has 1 heterocycles. The number of nitrogens with one attached hydrogen (secondary N) is 1. The normalized spacial score (nSPS) is 24.0. The topological polar surface area (TPSA) is 44.6 Å². The summed E-state index contributed by atoms with van der Waals surface area (Å²) in [5, 5.41) is 17.4. The first-order valence-electron chi connectivity index (χ1n) is 9.46. The van der Waals surface area contributed by atoms with Crippen LogP contribution in [0.3, 0.4) is 0 Å². The van der Waals surface area contributed by atoms with Gasteiger partial charge in [0.2, 0.25) is 0 Å². The Balaban J connectivity index is 1.70. The molecule has 0 radical (unpaired) electrons. The molecule has 1 aliphatic rings. The summed E-state index contributed by atoms with van der Waals surface area (Å²) in [5.74, 6) is 0.111. The van der Waals surface area contributed by atoms with Crippen LogP contribution in [0.2, 0.25) is 0 Å². The van der Waals surface area contributed by atoms with E-state index in [2.05, 4.69) is 83.3 Å². The Hall–Kier alpha value is -2.91. The minimum atomic E-state index is 0.0938. The maximum absolute atomic E-state index is 9.83. The van der Waals surface area contributed by atoms with E-state index in [4.69, 9.17) is 0 Å². The SMILES string of the molecule is O/N=C1\CC(c2ccccc2)NC(c2ccccc2)C1Cc1ccccc1. The fourth-order valence-corrected chi connectivity index (χ4v) is 4.05. The lowest BCUT2D eigenvalue weighted by atomic mass is 9.77. The van der Waals surface area contributed by atoms with E-state index in [1.807, 2.05) is 18.2 Å². The van der Waals surface area contributed by atoms with Crippen molar-refractivity contribution in [3.05, 3.63) is 108 Å². The van der Waals surface area contributed by atoms with Crippen LogP contribution < -0.4 is 5.32 Å². The van der Waals surface area contributed by atoms with Crippen molar-refractivity contribution in [3.63, 3.8) is 0 Å². The van der Waals surface area contributed by atoms with Crippen molar-refractivity contribution >= 4 is 5.71 Å². The van der Waals surface area contributed by atoms with Gasteiger partial charge in [-0.25, -0.2) is 0 Å². The van der Waals surface area contributed by atoms with Crippen molar-refractivity contribution in [2.75, 3.05) is 0 Å². The monoisotopic (exact) mass is 356 g/mol. The van der Waals surface area contributed by atoms with E-state index in [0.29, 0.717) is 6.42 Å². The molecule has 3 atom stereocenters. The third kappa shape index (κ3) is 3.93. The number of oxime groups is 1. The molecule has 1 fully saturated rings. The first kappa shape index (κ1) is 17.5. The zero-order valence-electron chi connectivity index (χ0n) is 15.2. The van der Waals surface area contributed by atoms with Crippen molar-refractivity contribution < 1.29 is 5.21 Å². The average Bonchev–Trinajstić information content (AvgIpc) is 2.76. The predicted molar refractivity (Wildman–Crippen MR) is 109 cm³/mol. The van der Waals surface area contributed by atoms with Crippen LogP contribution in [0.1, 0.15) is 35.2 Å². The number of hydrogen-bond donors (Lipinski definition) is 2. The van der Waals surface area contributed by atoms with E-state index in [1.54, 1.807) is 0 Å². The van der Waals surface area contributed by atoms with E-state index in [-0.39, 0.29) is 18.0 Å². The van der Waals surface area contributed by atoms with Crippen molar-refractivity contribution in [1.82, 2.24) is 5.32 Å². The summed E-state index contributed by atoms with van der Waals surface area (Å²) >= 11 is 0. The summed E-state index contributed by atoms with van der Waals surface area (Å²) in [6.45, 7) is 0. The van der Waals surface area contributed by atoms with Crippen molar-refractivity contribution in [2.24, 2.45) is 11.1 Å².